The lowest BCUT2D eigenvalue weighted by molar-refractivity contribution is 0.558. The number of nitrogens with one attached hydrogen (secondary N) is 1. The minimum Gasteiger partial charge on any atom is -0.365 e. The van der Waals surface area contributed by atoms with E-state index in [1.807, 2.05) is 16.1 Å². The average molecular weight is 435 g/mol. The number of halogens is 1. The van der Waals surface area contributed by atoms with Crippen LogP contribution in [0.5, 0.6) is 0 Å². The van der Waals surface area contributed by atoms with E-state index in [1.54, 1.807) is 11.3 Å². The molecule has 1 atom stereocenters. The van der Waals surface area contributed by atoms with E-state index in [2.05, 4.69) is 22.6 Å². The average Bonchev–Trinajstić information content (AvgIpc) is 3.44. The van der Waals surface area contributed by atoms with Crippen LogP contribution < -0.4 is 11.0 Å². The van der Waals surface area contributed by atoms with Crippen molar-refractivity contribution in [1.29, 1.82) is 0 Å². The van der Waals surface area contributed by atoms with Crippen LogP contribution in [0.2, 0.25) is 0 Å². The van der Waals surface area contributed by atoms with E-state index in [0.717, 1.165) is 59.5 Å². The summed E-state index contributed by atoms with van der Waals surface area (Å²) in [5.74, 6) is 2.94. The van der Waals surface area contributed by atoms with E-state index in [1.165, 1.54) is 12.8 Å². The quantitative estimate of drug-likeness (QED) is 0.660. The Kier molecular flexibility index (Phi) is 5.66. The number of hydrogen-bond acceptors (Lipinski definition) is 6. The molecule has 4 heterocycles. The molecule has 9 heteroatoms. The summed E-state index contributed by atoms with van der Waals surface area (Å²) in [6, 6.07) is 0.154. The van der Waals surface area contributed by atoms with Gasteiger partial charge in [-0.3, -0.25) is 9.13 Å². The van der Waals surface area contributed by atoms with Crippen molar-refractivity contribution in [3.05, 3.63) is 32.4 Å². The van der Waals surface area contributed by atoms with Crippen LogP contribution in [0.15, 0.2) is 10.2 Å². The van der Waals surface area contributed by atoms with Gasteiger partial charge in [0.15, 0.2) is 5.82 Å². The van der Waals surface area contributed by atoms with Crippen molar-refractivity contribution < 1.29 is 0 Å². The summed E-state index contributed by atoms with van der Waals surface area (Å²) in [5, 5.41) is 6.75. The molecule has 1 saturated carbocycles. The van der Waals surface area contributed by atoms with E-state index in [9.17, 15) is 4.79 Å². The lowest BCUT2D eigenvalue weighted by Crippen LogP contribution is -2.32. The summed E-state index contributed by atoms with van der Waals surface area (Å²) in [7, 11) is 0. The highest BCUT2D eigenvalue weighted by Gasteiger charge is 2.33. The van der Waals surface area contributed by atoms with E-state index in [-0.39, 0.29) is 24.1 Å². The van der Waals surface area contributed by atoms with Crippen LogP contribution in [0.4, 0.5) is 5.82 Å². The smallest absolute Gasteiger partial charge is 0.331 e. The molecule has 1 N–H and O–H groups in total. The van der Waals surface area contributed by atoms with Crippen LogP contribution in [0.3, 0.4) is 0 Å². The van der Waals surface area contributed by atoms with Crippen LogP contribution in [0, 0.1) is 6.92 Å². The van der Waals surface area contributed by atoms with Crippen molar-refractivity contribution in [2.45, 2.75) is 77.4 Å². The van der Waals surface area contributed by atoms with E-state index in [4.69, 9.17) is 9.97 Å². The molecule has 0 bridgehead atoms. The highest BCUT2D eigenvalue weighted by molar-refractivity contribution is 7.09. The van der Waals surface area contributed by atoms with Gasteiger partial charge in [-0.1, -0.05) is 19.8 Å². The Morgan fingerprint density at radius 2 is 2.03 bits per heavy atom. The Balaban J connectivity index is 0.00000205. The first-order chi connectivity index (χ1) is 13.6. The molecule has 1 aromatic heterocycles. The fourth-order valence-electron chi connectivity index (χ4n) is 4.59. The highest BCUT2D eigenvalue weighted by atomic mass is 35.5. The normalized spacial score (nSPS) is 18.8. The molecule has 1 aliphatic carbocycles. The van der Waals surface area contributed by atoms with Gasteiger partial charge in [0.1, 0.15) is 17.3 Å². The van der Waals surface area contributed by atoms with Crippen molar-refractivity contribution in [2.75, 3.05) is 5.32 Å². The standard InChI is InChI=1S/C20H26N6OS.ClH/c1-3-8-25-19-16(23-17(24-19)13-6-4-5-7-13)18-22-14(10-26(18)20(25)27)9-15-11-28-12(2)21-15;/h11,13-14,22H,3-10H2,1-2H3;1H. The second kappa shape index (κ2) is 8.07. The molecule has 3 aliphatic heterocycles. The van der Waals surface area contributed by atoms with Crippen molar-refractivity contribution >= 4 is 29.6 Å². The maximum atomic E-state index is 13.2. The Morgan fingerprint density at radius 3 is 2.72 bits per heavy atom. The largest absolute Gasteiger partial charge is 0.365 e. The van der Waals surface area contributed by atoms with E-state index < -0.39 is 0 Å². The SMILES string of the molecule is CCCn1c2nc(C3CCCC3)nc-2c2n(c1=O)CC(Cc1csc(C)n1)N2.Cl. The van der Waals surface area contributed by atoms with Gasteiger partial charge in [0, 0.05) is 30.8 Å². The van der Waals surface area contributed by atoms with Crippen LogP contribution in [-0.4, -0.2) is 30.1 Å². The number of thiazole rings is 1. The first kappa shape index (κ1) is 20.3. The molecule has 0 spiro atoms. The molecule has 0 amide bonds. The maximum absolute atomic E-state index is 13.2. The first-order valence-electron chi connectivity index (χ1n) is 10.3. The van der Waals surface area contributed by atoms with Gasteiger partial charge in [0.2, 0.25) is 0 Å². The van der Waals surface area contributed by atoms with Gasteiger partial charge in [-0.05, 0) is 26.2 Å². The number of aromatic nitrogens is 5. The summed E-state index contributed by atoms with van der Waals surface area (Å²) in [6.07, 6.45) is 6.51. The Labute approximate surface area is 180 Å². The zero-order valence-electron chi connectivity index (χ0n) is 16.8. The second-order valence-electron chi connectivity index (χ2n) is 8.03. The van der Waals surface area contributed by atoms with E-state index in [0.29, 0.717) is 19.0 Å². The van der Waals surface area contributed by atoms with Crippen molar-refractivity contribution in [2.24, 2.45) is 0 Å². The number of hydrogen-bond donors (Lipinski definition) is 1. The molecular formula is C20H27ClN6OS. The molecule has 1 aromatic rings. The van der Waals surface area contributed by atoms with Crippen LogP contribution >= 0.6 is 23.7 Å². The molecule has 4 aliphatic rings. The van der Waals surface area contributed by atoms with Gasteiger partial charge in [0.05, 0.1) is 16.7 Å². The molecule has 156 valence electrons. The number of nitrogens with zero attached hydrogens (tertiary/aromatic N) is 5. The number of aryl methyl sites for hydroxylation is 1. The minimum atomic E-state index is 0. The molecule has 0 aromatic carbocycles. The van der Waals surface area contributed by atoms with E-state index >= 15 is 0 Å². The third kappa shape index (κ3) is 3.57. The van der Waals surface area contributed by atoms with Gasteiger partial charge < -0.3 is 5.32 Å². The zero-order valence-corrected chi connectivity index (χ0v) is 18.5. The predicted octanol–water partition coefficient (Wildman–Crippen LogP) is 3.84. The predicted molar refractivity (Wildman–Crippen MR) is 118 cm³/mol. The van der Waals surface area contributed by atoms with Gasteiger partial charge >= 0.3 is 5.69 Å². The maximum Gasteiger partial charge on any atom is 0.331 e. The number of anilines is 1. The summed E-state index contributed by atoms with van der Waals surface area (Å²) >= 11 is 1.67. The topological polar surface area (TPSA) is 77.6 Å². The van der Waals surface area contributed by atoms with Gasteiger partial charge in [-0.25, -0.2) is 19.7 Å². The zero-order chi connectivity index (χ0) is 19.3. The van der Waals surface area contributed by atoms with Crippen LogP contribution in [0.25, 0.3) is 11.5 Å². The molecule has 0 radical (unpaired) electrons. The number of imidazole rings is 1. The number of fused-ring (bicyclic) bond motifs is 3. The first-order valence-corrected chi connectivity index (χ1v) is 11.2. The van der Waals surface area contributed by atoms with Gasteiger partial charge in [-0.2, -0.15) is 0 Å². The van der Waals surface area contributed by atoms with Gasteiger partial charge in [0.25, 0.3) is 0 Å². The highest BCUT2D eigenvalue weighted by Crippen LogP contribution is 2.37. The molecule has 1 fully saturated rings. The Morgan fingerprint density at radius 1 is 1.24 bits per heavy atom. The van der Waals surface area contributed by atoms with Crippen LogP contribution in [0.1, 0.15) is 61.5 Å². The van der Waals surface area contributed by atoms with Crippen molar-refractivity contribution in [3.63, 3.8) is 0 Å². The van der Waals surface area contributed by atoms with Gasteiger partial charge in [-0.15, -0.1) is 23.7 Å². The molecule has 1 unspecified atom stereocenters. The third-order valence-corrected chi connectivity index (χ3v) is 6.73. The molecule has 29 heavy (non-hydrogen) atoms. The summed E-state index contributed by atoms with van der Waals surface area (Å²) < 4.78 is 3.68. The molecule has 5 rings (SSSR count). The second-order valence-corrected chi connectivity index (χ2v) is 9.09. The Hall–Kier alpha value is -1.93. The fraction of sp³-hybridized carbons (Fsp3) is 0.600. The summed E-state index contributed by atoms with van der Waals surface area (Å²) in [4.78, 5) is 27.6. The lowest BCUT2D eigenvalue weighted by Gasteiger charge is -2.13. The fourth-order valence-corrected chi connectivity index (χ4v) is 5.22. The molecule has 7 nitrogen and oxygen atoms in total. The summed E-state index contributed by atoms with van der Waals surface area (Å²) in [5.41, 5.74) is 1.96. The molecule has 0 saturated heterocycles. The monoisotopic (exact) mass is 434 g/mol. The van der Waals surface area contributed by atoms with Crippen molar-refractivity contribution in [1.82, 2.24) is 24.1 Å². The summed E-state index contributed by atoms with van der Waals surface area (Å²) in [6.45, 7) is 5.44. The molecular weight excluding hydrogens is 408 g/mol. The Bertz CT molecular complexity index is 1030. The van der Waals surface area contributed by atoms with Crippen LogP contribution in [-0.2, 0) is 19.5 Å². The third-order valence-electron chi connectivity index (χ3n) is 5.90. The van der Waals surface area contributed by atoms with Crippen molar-refractivity contribution in [3.8, 4) is 11.5 Å². The number of rotatable bonds is 5. The minimum absolute atomic E-state index is 0. The lowest BCUT2D eigenvalue weighted by atomic mass is 10.1.